The van der Waals surface area contributed by atoms with Crippen LogP contribution in [-0.2, 0) is 34.0 Å². The summed E-state index contributed by atoms with van der Waals surface area (Å²) in [6, 6.07) is 16.9. The largest absolute Gasteiger partial charge is 0.416 e. The van der Waals surface area contributed by atoms with E-state index in [0.717, 1.165) is 29.0 Å². The molecule has 1 amide bonds. The molecular formula is C25H22F3N5O3S. The third-order valence-corrected chi connectivity index (χ3v) is 6.81. The number of aromatic amines is 1. The van der Waals surface area contributed by atoms with Crippen molar-refractivity contribution in [3.8, 4) is 11.3 Å². The summed E-state index contributed by atoms with van der Waals surface area (Å²) in [7, 11) is -4.08. The molecule has 0 radical (unpaired) electrons. The summed E-state index contributed by atoms with van der Waals surface area (Å²) < 4.78 is 65.4. The molecule has 8 nitrogen and oxygen atoms in total. The van der Waals surface area contributed by atoms with Crippen molar-refractivity contribution < 1.29 is 26.4 Å². The molecule has 0 saturated carbocycles. The number of alkyl halides is 3. The number of carbonyl (C=O) groups excluding carboxylic acids is 1. The highest BCUT2D eigenvalue weighted by atomic mass is 32.2. The summed E-state index contributed by atoms with van der Waals surface area (Å²) in [6.07, 6.45) is -2.84. The number of halogens is 3. The van der Waals surface area contributed by atoms with Gasteiger partial charge in [0.05, 0.1) is 28.8 Å². The number of nitrogen functional groups attached to an aromatic ring is 1. The normalized spacial score (nSPS) is 11.8. The number of aromatic nitrogens is 2. The van der Waals surface area contributed by atoms with Crippen LogP contribution in [0.2, 0.25) is 0 Å². The van der Waals surface area contributed by atoms with Crippen LogP contribution in [0.15, 0.2) is 83.9 Å². The average Bonchev–Trinajstić information content (AvgIpc) is 3.30. The molecule has 4 aromatic rings. The second-order valence-electron chi connectivity index (χ2n) is 8.16. The first-order chi connectivity index (χ1) is 17.5. The van der Waals surface area contributed by atoms with E-state index >= 15 is 0 Å². The quantitative estimate of drug-likeness (QED) is 0.270. The van der Waals surface area contributed by atoms with Crippen LogP contribution in [-0.4, -0.2) is 24.3 Å². The summed E-state index contributed by atoms with van der Waals surface area (Å²) in [5, 5.41) is 2.83. The monoisotopic (exact) mass is 529 g/mol. The number of nitrogens with two attached hydrogens (primary N) is 1. The zero-order valence-corrected chi connectivity index (χ0v) is 20.0. The van der Waals surface area contributed by atoms with Crippen LogP contribution >= 0.6 is 0 Å². The number of H-pyrrole nitrogens is 1. The number of nitrogens with one attached hydrogen (secondary N) is 3. The summed E-state index contributed by atoms with van der Waals surface area (Å²) in [4.78, 5) is 18.9. The van der Waals surface area contributed by atoms with Crippen molar-refractivity contribution in [1.29, 1.82) is 0 Å². The molecule has 0 unspecified atom stereocenters. The van der Waals surface area contributed by atoms with Crippen LogP contribution in [0.4, 0.5) is 24.8 Å². The zero-order chi connectivity index (χ0) is 26.6. The molecule has 12 heteroatoms. The van der Waals surface area contributed by atoms with Crippen LogP contribution < -0.4 is 15.8 Å². The Morgan fingerprint density at radius 2 is 1.54 bits per heavy atom. The lowest BCUT2D eigenvalue weighted by Gasteiger charge is -2.11. The molecule has 37 heavy (non-hydrogen) atoms. The lowest BCUT2D eigenvalue weighted by Crippen LogP contribution is -2.24. The van der Waals surface area contributed by atoms with Gasteiger partial charge in [-0.05, 0) is 53.1 Å². The second-order valence-corrected chi connectivity index (χ2v) is 9.84. The van der Waals surface area contributed by atoms with Crippen molar-refractivity contribution in [3.05, 3.63) is 95.7 Å². The molecule has 192 valence electrons. The predicted octanol–water partition coefficient (Wildman–Crippen LogP) is 4.34. The summed E-state index contributed by atoms with van der Waals surface area (Å²) in [5.41, 5.74) is 8.12. The van der Waals surface area contributed by atoms with Gasteiger partial charge in [0.1, 0.15) is 0 Å². The van der Waals surface area contributed by atoms with E-state index in [0.29, 0.717) is 30.2 Å². The Morgan fingerprint density at radius 1 is 0.919 bits per heavy atom. The first-order valence-electron chi connectivity index (χ1n) is 11.0. The van der Waals surface area contributed by atoms with E-state index in [-0.39, 0.29) is 22.9 Å². The fourth-order valence-electron chi connectivity index (χ4n) is 3.46. The second kappa shape index (κ2) is 10.3. The summed E-state index contributed by atoms with van der Waals surface area (Å²) in [5.74, 6) is 0.111. The van der Waals surface area contributed by atoms with Crippen molar-refractivity contribution in [2.24, 2.45) is 0 Å². The number of hydrogen-bond acceptors (Lipinski definition) is 5. The van der Waals surface area contributed by atoms with E-state index in [4.69, 9.17) is 5.73 Å². The molecule has 3 aromatic carbocycles. The molecule has 0 bridgehead atoms. The number of amides is 1. The lowest BCUT2D eigenvalue weighted by molar-refractivity contribution is -0.137. The smallest absolute Gasteiger partial charge is 0.369 e. The fraction of sp³-hybridized carbons (Fsp3) is 0.120. The Morgan fingerprint density at radius 3 is 2.11 bits per heavy atom. The molecule has 0 aliphatic carbocycles. The van der Waals surface area contributed by atoms with Gasteiger partial charge in [-0.3, -0.25) is 9.52 Å². The van der Waals surface area contributed by atoms with Gasteiger partial charge in [0, 0.05) is 12.2 Å². The highest BCUT2D eigenvalue weighted by Gasteiger charge is 2.30. The number of imidazole rings is 1. The molecule has 0 atom stereocenters. The molecule has 0 aliphatic rings. The maximum Gasteiger partial charge on any atom is 0.416 e. The molecule has 0 spiro atoms. The van der Waals surface area contributed by atoms with E-state index < -0.39 is 21.8 Å². The molecule has 0 fully saturated rings. The maximum absolute atomic E-state index is 12.7. The van der Waals surface area contributed by atoms with E-state index in [1.165, 1.54) is 12.1 Å². The summed E-state index contributed by atoms with van der Waals surface area (Å²) in [6.45, 7) is 0.329. The maximum atomic E-state index is 12.7. The van der Waals surface area contributed by atoms with E-state index in [2.05, 4.69) is 20.0 Å². The van der Waals surface area contributed by atoms with Crippen molar-refractivity contribution in [2.75, 3.05) is 10.5 Å². The van der Waals surface area contributed by atoms with E-state index in [1.54, 1.807) is 18.3 Å². The van der Waals surface area contributed by atoms with Crippen molar-refractivity contribution in [2.45, 2.75) is 24.0 Å². The van der Waals surface area contributed by atoms with Gasteiger partial charge in [0.2, 0.25) is 5.91 Å². The van der Waals surface area contributed by atoms with Crippen molar-refractivity contribution in [3.63, 3.8) is 0 Å². The molecule has 0 aliphatic heterocycles. The van der Waals surface area contributed by atoms with Gasteiger partial charge >= 0.3 is 6.18 Å². The van der Waals surface area contributed by atoms with Gasteiger partial charge in [-0.15, -0.1) is 0 Å². The zero-order valence-electron chi connectivity index (χ0n) is 19.2. The van der Waals surface area contributed by atoms with Crippen molar-refractivity contribution >= 4 is 27.6 Å². The topological polar surface area (TPSA) is 130 Å². The number of benzene rings is 3. The van der Waals surface area contributed by atoms with Crippen LogP contribution in [0.5, 0.6) is 0 Å². The predicted molar refractivity (Wildman–Crippen MR) is 133 cm³/mol. The van der Waals surface area contributed by atoms with Gasteiger partial charge < -0.3 is 16.0 Å². The van der Waals surface area contributed by atoms with Gasteiger partial charge in [-0.25, -0.2) is 13.4 Å². The minimum atomic E-state index is -4.56. The van der Waals surface area contributed by atoms with Crippen LogP contribution in [0, 0.1) is 0 Å². The van der Waals surface area contributed by atoms with E-state index in [9.17, 15) is 26.4 Å². The van der Waals surface area contributed by atoms with E-state index in [1.807, 2.05) is 24.3 Å². The third kappa shape index (κ3) is 6.67. The van der Waals surface area contributed by atoms with Crippen molar-refractivity contribution in [1.82, 2.24) is 15.3 Å². The Bertz CT molecular complexity index is 1480. The standard InChI is InChI=1S/C25H22F3N5O3S/c26-25(27,28)19-7-11-21(12-8-19)37(35,36)33-20-9-3-16(4-10-20)13-23(34)30-14-17-1-5-18(6-2-17)22-15-31-24(29)32-22/h1-12,15,33H,13-14H2,(H,30,34)(H3,29,31,32). The summed E-state index contributed by atoms with van der Waals surface area (Å²) >= 11 is 0. The molecule has 0 saturated heterocycles. The number of anilines is 2. The Kier molecular flexibility index (Phi) is 7.21. The molecule has 5 N–H and O–H groups in total. The highest BCUT2D eigenvalue weighted by Crippen LogP contribution is 2.30. The minimum Gasteiger partial charge on any atom is -0.369 e. The Hall–Kier alpha value is -4.32. The van der Waals surface area contributed by atoms with Gasteiger partial charge in [-0.1, -0.05) is 36.4 Å². The number of sulfonamides is 1. The number of rotatable bonds is 8. The highest BCUT2D eigenvalue weighted by molar-refractivity contribution is 7.92. The lowest BCUT2D eigenvalue weighted by atomic mass is 10.1. The molecule has 4 rings (SSSR count). The third-order valence-electron chi connectivity index (χ3n) is 5.41. The van der Waals surface area contributed by atoms with Crippen LogP contribution in [0.25, 0.3) is 11.3 Å². The number of nitrogens with zero attached hydrogens (tertiary/aromatic N) is 1. The Labute approximate surface area is 210 Å². The fourth-order valence-corrected chi connectivity index (χ4v) is 4.52. The van der Waals surface area contributed by atoms with Crippen LogP contribution in [0.1, 0.15) is 16.7 Å². The van der Waals surface area contributed by atoms with Crippen LogP contribution in [0.3, 0.4) is 0 Å². The average molecular weight is 530 g/mol. The SMILES string of the molecule is Nc1ncc(-c2ccc(CNC(=O)Cc3ccc(NS(=O)(=O)c4ccc(C(F)(F)F)cc4)cc3)cc2)[nH]1. The first kappa shape index (κ1) is 25.8. The molecular weight excluding hydrogens is 507 g/mol. The molecule has 1 aromatic heterocycles. The Balaban J connectivity index is 1.29. The number of carbonyl (C=O) groups is 1. The van der Waals surface area contributed by atoms with Gasteiger partial charge in [-0.2, -0.15) is 13.2 Å². The first-order valence-corrected chi connectivity index (χ1v) is 12.4. The molecule has 1 heterocycles. The minimum absolute atomic E-state index is 0.0808. The number of hydrogen-bond donors (Lipinski definition) is 4. The van der Waals surface area contributed by atoms with Gasteiger partial charge in [0.15, 0.2) is 5.95 Å². The van der Waals surface area contributed by atoms with Gasteiger partial charge in [0.25, 0.3) is 10.0 Å².